The number of nitrogens with one attached hydrogen (secondary N) is 3. The summed E-state index contributed by atoms with van der Waals surface area (Å²) in [6.45, 7) is 0.165. The van der Waals surface area contributed by atoms with Crippen LogP contribution in [0.15, 0.2) is 189 Å². The molecule has 0 atom stereocenters. The van der Waals surface area contributed by atoms with Gasteiger partial charge in [0.1, 0.15) is 29.5 Å². The van der Waals surface area contributed by atoms with Gasteiger partial charge in [0.25, 0.3) is 5.91 Å². The molecule has 0 heterocycles. The van der Waals surface area contributed by atoms with Gasteiger partial charge in [0.15, 0.2) is 5.78 Å². The van der Waals surface area contributed by atoms with Crippen LogP contribution >= 0.6 is 23.2 Å². The first-order valence-electron chi connectivity index (χ1n) is 20.5. The average molecular weight is 944 g/mol. The maximum atomic E-state index is 13.0. The second-order valence-corrected chi connectivity index (χ2v) is 15.6. The fourth-order valence-corrected chi connectivity index (χ4v) is 7.02. The highest BCUT2D eigenvalue weighted by molar-refractivity contribution is 6.31. The zero-order chi connectivity index (χ0) is 47.4. The fraction of sp³-hybridized carbons (Fsp3) is 0.0196. The van der Waals surface area contributed by atoms with E-state index < -0.39 is 11.9 Å². The molecule has 15 nitrogen and oxygen atoms in total. The molecule has 0 aliphatic carbocycles. The first kappa shape index (κ1) is 45.6. The summed E-state index contributed by atoms with van der Waals surface area (Å²) in [6.07, 6.45) is 4.25. The number of nitrogens with zero attached hydrogens (tertiary/aromatic N) is 5. The van der Waals surface area contributed by atoms with Gasteiger partial charge in [-0.25, -0.2) is 10.3 Å². The number of amides is 3. The van der Waals surface area contributed by atoms with Crippen molar-refractivity contribution in [3.63, 3.8) is 0 Å². The Balaban J connectivity index is 0.839. The molecule has 336 valence electrons. The van der Waals surface area contributed by atoms with Crippen LogP contribution in [0.5, 0.6) is 11.5 Å². The number of azo groups is 2. The first-order chi connectivity index (χ1) is 33.0. The number of phenolic OH excluding ortho intramolecular Hbond substituents is 2. The standard InChI is InChI=1S/C51H36Cl2N8O7/c52-37-3-1-5-41(27-37)55-51(66)56-50(65)36-13-21-44-35(26-36)15-24-47(64)49(44)60-57-39-16-7-31(8-17-39)10-22-45(62)33-11-18-40(19-12-33)58-59-48-43-20-9-32(25-34(43)14-23-46(48)63)29-67-54-30-68-61-42-6-2-4-38(53)28-42/h1-28,30,61,63-64H,29H2,(H2,55,56,65,66). The summed E-state index contributed by atoms with van der Waals surface area (Å²) in [5.74, 6) is -1.02. The molecule has 0 saturated heterocycles. The zero-order valence-corrected chi connectivity index (χ0v) is 36.9. The second-order valence-electron chi connectivity index (χ2n) is 14.7. The zero-order valence-electron chi connectivity index (χ0n) is 35.4. The highest BCUT2D eigenvalue weighted by Crippen LogP contribution is 2.38. The van der Waals surface area contributed by atoms with Crippen LogP contribution in [0, 0.1) is 0 Å². The number of imide groups is 1. The van der Waals surface area contributed by atoms with Crippen LogP contribution in [-0.4, -0.2) is 34.3 Å². The van der Waals surface area contributed by atoms with Gasteiger partial charge < -0.3 is 25.2 Å². The van der Waals surface area contributed by atoms with E-state index in [4.69, 9.17) is 32.9 Å². The van der Waals surface area contributed by atoms with Gasteiger partial charge in [0.05, 0.1) is 17.1 Å². The number of benzene rings is 8. The summed E-state index contributed by atoms with van der Waals surface area (Å²) < 4.78 is 0. The molecule has 3 amide bonds. The summed E-state index contributed by atoms with van der Waals surface area (Å²) in [7, 11) is 0. The van der Waals surface area contributed by atoms with E-state index in [1.54, 1.807) is 127 Å². The third-order valence-corrected chi connectivity index (χ3v) is 10.5. The highest BCUT2D eigenvalue weighted by atomic mass is 35.5. The van der Waals surface area contributed by atoms with Crippen molar-refractivity contribution in [2.24, 2.45) is 25.6 Å². The minimum atomic E-state index is -0.724. The number of rotatable bonds is 15. The lowest BCUT2D eigenvalue weighted by atomic mass is 10.0. The van der Waals surface area contributed by atoms with Crippen LogP contribution in [0.2, 0.25) is 10.0 Å². The Hall–Kier alpha value is -8.92. The molecule has 0 aliphatic heterocycles. The monoisotopic (exact) mass is 942 g/mol. The molecule has 0 radical (unpaired) electrons. The predicted molar refractivity (Wildman–Crippen MR) is 263 cm³/mol. The number of carbonyl (C=O) groups is 3. The molecule has 0 saturated carbocycles. The number of fused-ring (bicyclic) bond motifs is 2. The SMILES string of the molecule is O=C(NC(=O)c1ccc2c(N=Nc3ccc(C=CC(=O)c4ccc(N=Nc5c(O)ccc6cc(CON=CONc7cccc(Cl)c7)ccc56)cc4)cc3)c(O)ccc2c1)Nc1cccc(Cl)c1. The number of carbonyl (C=O) groups excluding carboxylic acids is 3. The van der Waals surface area contributed by atoms with E-state index in [1.807, 2.05) is 18.2 Å². The number of ketones is 1. The van der Waals surface area contributed by atoms with Gasteiger partial charge in [-0.2, -0.15) is 10.2 Å². The van der Waals surface area contributed by atoms with Crippen molar-refractivity contribution in [3.05, 3.63) is 196 Å². The number of oxime groups is 1. The molecule has 0 bridgehead atoms. The van der Waals surface area contributed by atoms with Crippen molar-refractivity contribution in [2.45, 2.75) is 6.61 Å². The Labute approximate surface area is 397 Å². The Bertz CT molecular complexity index is 3310. The number of hydrogen-bond donors (Lipinski definition) is 5. The number of hydrogen-bond acceptors (Lipinski definition) is 13. The lowest BCUT2D eigenvalue weighted by Gasteiger charge is -2.09. The molecule has 8 rings (SSSR count). The smallest absolute Gasteiger partial charge is 0.326 e. The number of urea groups is 1. The lowest BCUT2D eigenvalue weighted by molar-refractivity contribution is 0.0966. The van der Waals surface area contributed by atoms with E-state index in [0.29, 0.717) is 54.5 Å². The molecule has 17 heteroatoms. The van der Waals surface area contributed by atoms with Gasteiger partial charge in [-0.05, 0) is 131 Å². The van der Waals surface area contributed by atoms with E-state index in [1.165, 1.54) is 24.3 Å². The number of phenols is 2. The molecule has 0 fully saturated rings. The molecule has 0 aliphatic rings. The topological polar surface area (TPSA) is 208 Å². The normalized spacial score (nSPS) is 11.5. The summed E-state index contributed by atoms with van der Waals surface area (Å²) in [4.78, 5) is 48.8. The number of aromatic hydroxyl groups is 2. The van der Waals surface area contributed by atoms with Crippen molar-refractivity contribution >= 4 is 109 Å². The third-order valence-electron chi connectivity index (χ3n) is 9.98. The van der Waals surface area contributed by atoms with Crippen molar-refractivity contribution < 1.29 is 34.3 Å². The van der Waals surface area contributed by atoms with Gasteiger partial charge in [0.2, 0.25) is 6.40 Å². The van der Waals surface area contributed by atoms with Crippen LogP contribution in [0.1, 0.15) is 31.8 Å². The van der Waals surface area contributed by atoms with Crippen LogP contribution in [-0.2, 0) is 16.3 Å². The van der Waals surface area contributed by atoms with Crippen molar-refractivity contribution in [1.29, 1.82) is 0 Å². The van der Waals surface area contributed by atoms with Crippen molar-refractivity contribution in [3.8, 4) is 11.5 Å². The van der Waals surface area contributed by atoms with Crippen molar-refractivity contribution in [2.75, 3.05) is 10.8 Å². The van der Waals surface area contributed by atoms with Crippen molar-refractivity contribution in [1.82, 2.24) is 5.32 Å². The molecular formula is C51H36Cl2N8O7. The van der Waals surface area contributed by atoms with Crippen LogP contribution < -0.4 is 16.1 Å². The number of allylic oxidation sites excluding steroid dienone is 1. The number of anilines is 2. The van der Waals surface area contributed by atoms with Crippen LogP contribution in [0.3, 0.4) is 0 Å². The van der Waals surface area contributed by atoms with E-state index in [-0.39, 0.29) is 40.8 Å². The third kappa shape index (κ3) is 11.9. The largest absolute Gasteiger partial charge is 0.506 e. The van der Waals surface area contributed by atoms with Gasteiger partial charge in [-0.3, -0.25) is 14.9 Å². The average Bonchev–Trinajstić information content (AvgIpc) is 3.34. The van der Waals surface area contributed by atoms with Gasteiger partial charge in [-0.15, -0.1) is 10.2 Å². The molecule has 68 heavy (non-hydrogen) atoms. The van der Waals surface area contributed by atoms with Gasteiger partial charge in [0, 0.05) is 37.6 Å². The minimum Gasteiger partial charge on any atom is -0.506 e. The van der Waals surface area contributed by atoms with Crippen LogP contribution in [0.25, 0.3) is 27.6 Å². The predicted octanol–water partition coefficient (Wildman–Crippen LogP) is 13.9. The summed E-state index contributed by atoms with van der Waals surface area (Å²) in [6, 6.07) is 43.0. The summed E-state index contributed by atoms with van der Waals surface area (Å²) in [5.41, 5.74) is 7.41. The second kappa shape index (κ2) is 21.4. The molecule has 8 aromatic carbocycles. The maximum absolute atomic E-state index is 13.0. The molecular weight excluding hydrogens is 908 g/mol. The Kier molecular flexibility index (Phi) is 14.3. The van der Waals surface area contributed by atoms with E-state index in [0.717, 1.165) is 22.9 Å². The van der Waals surface area contributed by atoms with Gasteiger partial charge >= 0.3 is 6.03 Å². The molecule has 0 aromatic heterocycles. The lowest BCUT2D eigenvalue weighted by Crippen LogP contribution is -2.34. The minimum absolute atomic E-state index is 0.0454. The van der Waals surface area contributed by atoms with Crippen LogP contribution in [0.4, 0.5) is 38.9 Å². The highest BCUT2D eigenvalue weighted by Gasteiger charge is 2.14. The Morgan fingerprint density at radius 2 is 1.19 bits per heavy atom. The first-order valence-corrected chi connectivity index (χ1v) is 21.3. The van der Waals surface area contributed by atoms with E-state index in [9.17, 15) is 24.6 Å². The van der Waals surface area contributed by atoms with E-state index >= 15 is 0 Å². The molecule has 5 N–H and O–H groups in total. The summed E-state index contributed by atoms with van der Waals surface area (Å²) in [5, 5.41) is 50.7. The quantitative estimate of drug-likeness (QED) is 0.0166. The molecule has 0 unspecified atom stereocenters. The molecule has 0 spiro atoms. The van der Waals surface area contributed by atoms with Gasteiger partial charge in [-0.1, -0.05) is 89.0 Å². The van der Waals surface area contributed by atoms with E-state index in [2.05, 4.69) is 41.7 Å². The molecule has 8 aromatic rings. The number of halogens is 2. The Morgan fingerprint density at radius 3 is 1.85 bits per heavy atom. The summed E-state index contributed by atoms with van der Waals surface area (Å²) >= 11 is 11.9. The Morgan fingerprint density at radius 1 is 0.603 bits per heavy atom. The fourth-order valence-electron chi connectivity index (χ4n) is 6.64. The maximum Gasteiger partial charge on any atom is 0.326 e.